The van der Waals surface area contributed by atoms with Crippen LogP contribution in [-0.2, 0) is 28.3 Å². The van der Waals surface area contributed by atoms with Crippen molar-refractivity contribution in [2.45, 2.75) is 31.2 Å². The minimum absolute atomic E-state index is 0.0632. The van der Waals surface area contributed by atoms with Crippen LogP contribution >= 0.6 is 12.2 Å². The van der Waals surface area contributed by atoms with Crippen molar-refractivity contribution in [1.82, 2.24) is 24.8 Å². The molecule has 2 aromatic rings. The predicted octanol–water partition coefficient (Wildman–Crippen LogP) is 1.15. The van der Waals surface area contributed by atoms with Crippen LogP contribution in [0.1, 0.15) is 19.7 Å². The maximum absolute atomic E-state index is 12.6. The minimum atomic E-state index is -3.86. The van der Waals surface area contributed by atoms with E-state index in [0.717, 1.165) is 0 Å². The SMILES string of the molecule is COc1ccc(S(=O)(=O)N[C@H](C(=O)NCCc2n[nH]c(=S)n2C)C(C)C)cc1. The Morgan fingerprint density at radius 2 is 1.96 bits per heavy atom. The number of amides is 1. The normalized spacial score (nSPS) is 12.8. The standard InChI is InChI=1S/C17H25N5O4S2/c1-11(2)15(16(23)18-10-9-14-19-20-17(27)22(14)3)21-28(24,25)13-7-5-12(26-4)6-8-13/h5-8,11,15,21H,9-10H2,1-4H3,(H,18,23)(H,20,27)/t15-/m0/s1. The van der Waals surface area contributed by atoms with Crippen LogP contribution in [0.5, 0.6) is 5.75 Å². The fraction of sp³-hybridized carbons (Fsp3) is 0.471. The Morgan fingerprint density at radius 1 is 1.32 bits per heavy atom. The zero-order valence-corrected chi connectivity index (χ0v) is 17.9. The van der Waals surface area contributed by atoms with Crippen LogP contribution in [0.4, 0.5) is 0 Å². The largest absolute Gasteiger partial charge is 0.497 e. The molecule has 154 valence electrons. The molecule has 1 amide bonds. The molecular formula is C17H25N5O4S2. The summed E-state index contributed by atoms with van der Waals surface area (Å²) in [5, 5.41) is 9.51. The molecule has 0 bridgehead atoms. The number of nitrogens with one attached hydrogen (secondary N) is 3. The van der Waals surface area contributed by atoms with E-state index in [0.29, 0.717) is 29.3 Å². The lowest BCUT2D eigenvalue weighted by atomic mass is 10.1. The van der Waals surface area contributed by atoms with Gasteiger partial charge in [0.15, 0.2) is 4.77 Å². The third kappa shape index (κ3) is 5.40. The minimum Gasteiger partial charge on any atom is -0.497 e. The fourth-order valence-corrected chi connectivity index (χ4v) is 3.99. The van der Waals surface area contributed by atoms with Gasteiger partial charge in [0.25, 0.3) is 0 Å². The molecule has 1 aromatic heterocycles. The van der Waals surface area contributed by atoms with E-state index in [1.54, 1.807) is 37.6 Å². The van der Waals surface area contributed by atoms with E-state index in [9.17, 15) is 13.2 Å². The smallest absolute Gasteiger partial charge is 0.241 e. The molecule has 2 rings (SSSR count). The first-order valence-electron chi connectivity index (χ1n) is 8.70. The van der Waals surface area contributed by atoms with Gasteiger partial charge in [-0.15, -0.1) is 0 Å². The van der Waals surface area contributed by atoms with Crippen molar-refractivity contribution in [2.75, 3.05) is 13.7 Å². The average molecular weight is 428 g/mol. The van der Waals surface area contributed by atoms with E-state index in [-0.39, 0.29) is 10.8 Å². The molecule has 0 radical (unpaired) electrons. The van der Waals surface area contributed by atoms with E-state index in [4.69, 9.17) is 17.0 Å². The third-order valence-electron chi connectivity index (χ3n) is 4.22. The lowest BCUT2D eigenvalue weighted by molar-refractivity contribution is -0.123. The number of rotatable bonds is 9. The van der Waals surface area contributed by atoms with Gasteiger partial charge in [-0.3, -0.25) is 9.89 Å². The first kappa shape index (κ1) is 22.1. The van der Waals surface area contributed by atoms with E-state index >= 15 is 0 Å². The highest BCUT2D eigenvalue weighted by Crippen LogP contribution is 2.16. The number of benzene rings is 1. The molecule has 0 aliphatic carbocycles. The van der Waals surface area contributed by atoms with E-state index < -0.39 is 22.0 Å². The Morgan fingerprint density at radius 3 is 2.46 bits per heavy atom. The fourth-order valence-electron chi connectivity index (χ4n) is 2.49. The van der Waals surface area contributed by atoms with E-state index in [1.165, 1.54) is 19.2 Å². The van der Waals surface area contributed by atoms with Crippen molar-refractivity contribution in [3.63, 3.8) is 0 Å². The van der Waals surface area contributed by atoms with Crippen LogP contribution in [0.25, 0.3) is 0 Å². The number of carbonyl (C=O) groups is 1. The quantitative estimate of drug-likeness (QED) is 0.517. The highest BCUT2D eigenvalue weighted by molar-refractivity contribution is 7.89. The van der Waals surface area contributed by atoms with Crippen LogP contribution in [0.3, 0.4) is 0 Å². The number of carbonyl (C=O) groups excluding carboxylic acids is 1. The molecule has 0 fully saturated rings. The first-order chi connectivity index (χ1) is 13.2. The molecule has 11 heteroatoms. The molecule has 0 aliphatic heterocycles. The zero-order valence-electron chi connectivity index (χ0n) is 16.2. The number of hydrogen-bond acceptors (Lipinski definition) is 6. The van der Waals surface area contributed by atoms with Gasteiger partial charge >= 0.3 is 0 Å². The molecule has 0 saturated heterocycles. The van der Waals surface area contributed by atoms with Crippen molar-refractivity contribution in [2.24, 2.45) is 13.0 Å². The van der Waals surface area contributed by atoms with Crippen LogP contribution in [-0.4, -0.2) is 48.8 Å². The van der Waals surface area contributed by atoms with Gasteiger partial charge in [-0.05, 0) is 42.4 Å². The summed E-state index contributed by atoms with van der Waals surface area (Å²) in [5.74, 6) is 0.605. The van der Waals surface area contributed by atoms with Gasteiger partial charge in [-0.25, -0.2) is 8.42 Å². The monoisotopic (exact) mass is 427 g/mol. The number of H-pyrrole nitrogens is 1. The topological polar surface area (TPSA) is 118 Å². The van der Waals surface area contributed by atoms with Crippen LogP contribution in [0.2, 0.25) is 0 Å². The molecule has 1 aromatic carbocycles. The molecule has 0 aliphatic rings. The molecule has 1 atom stereocenters. The van der Waals surface area contributed by atoms with Gasteiger partial charge < -0.3 is 14.6 Å². The molecule has 9 nitrogen and oxygen atoms in total. The molecule has 0 unspecified atom stereocenters. The van der Waals surface area contributed by atoms with Gasteiger partial charge in [0.1, 0.15) is 17.6 Å². The van der Waals surface area contributed by atoms with Crippen molar-refractivity contribution in [3.05, 3.63) is 34.9 Å². The lowest BCUT2D eigenvalue weighted by Gasteiger charge is -2.21. The summed E-state index contributed by atoms with van der Waals surface area (Å²) >= 11 is 5.05. The highest BCUT2D eigenvalue weighted by atomic mass is 32.2. The number of ether oxygens (including phenoxy) is 1. The Balaban J connectivity index is 2.03. The number of methoxy groups -OCH3 is 1. The molecule has 3 N–H and O–H groups in total. The number of aromatic amines is 1. The Bertz CT molecular complexity index is 964. The highest BCUT2D eigenvalue weighted by Gasteiger charge is 2.28. The van der Waals surface area contributed by atoms with Crippen molar-refractivity contribution in [1.29, 1.82) is 0 Å². The summed E-state index contributed by atoms with van der Waals surface area (Å²) in [6, 6.07) is 5.06. The second-order valence-electron chi connectivity index (χ2n) is 6.56. The number of hydrogen-bond donors (Lipinski definition) is 3. The maximum atomic E-state index is 12.6. The van der Waals surface area contributed by atoms with Crippen molar-refractivity contribution < 1.29 is 17.9 Å². The first-order valence-corrected chi connectivity index (χ1v) is 10.6. The van der Waals surface area contributed by atoms with Gasteiger partial charge in [-0.2, -0.15) is 9.82 Å². The molecule has 28 heavy (non-hydrogen) atoms. The van der Waals surface area contributed by atoms with E-state index in [1.807, 2.05) is 0 Å². The van der Waals surface area contributed by atoms with Gasteiger partial charge in [0.05, 0.1) is 12.0 Å². The average Bonchev–Trinajstić information content (AvgIpc) is 2.98. The van der Waals surface area contributed by atoms with Crippen LogP contribution in [0.15, 0.2) is 29.2 Å². The van der Waals surface area contributed by atoms with Gasteiger partial charge in [0, 0.05) is 20.0 Å². The number of sulfonamides is 1. The second kappa shape index (κ2) is 9.30. The Kier molecular flexibility index (Phi) is 7.33. The summed E-state index contributed by atoms with van der Waals surface area (Å²) in [4.78, 5) is 12.6. The third-order valence-corrected chi connectivity index (χ3v) is 6.04. The van der Waals surface area contributed by atoms with Crippen LogP contribution in [0, 0.1) is 10.7 Å². The zero-order chi connectivity index (χ0) is 20.9. The predicted molar refractivity (Wildman–Crippen MR) is 107 cm³/mol. The molecule has 0 spiro atoms. The Labute approximate surface area is 169 Å². The summed E-state index contributed by atoms with van der Waals surface area (Å²) in [7, 11) is -0.577. The van der Waals surface area contributed by atoms with Crippen molar-refractivity contribution >= 4 is 28.1 Å². The van der Waals surface area contributed by atoms with E-state index in [2.05, 4.69) is 20.2 Å². The summed E-state index contributed by atoms with van der Waals surface area (Å²) in [6.07, 6.45) is 0.464. The lowest BCUT2D eigenvalue weighted by Crippen LogP contribution is -2.50. The van der Waals surface area contributed by atoms with Crippen LogP contribution < -0.4 is 14.8 Å². The van der Waals surface area contributed by atoms with Crippen molar-refractivity contribution in [3.8, 4) is 5.75 Å². The summed E-state index contributed by atoms with van der Waals surface area (Å²) in [6.45, 7) is 3.86. The van der Waals surface area contributed by atoms with Gasteiger partial charge in [-0.1, -0.05) is 13.8 Å². The molecular weight excluding hydrogens is 402 g/mol. The molecule has 0 saturated carbocycles. The molecule has 1 heterocycles. The van der Waals surface area contributed by atoms with Gasteiger partial charge in [0.2, 0.25) is 15.9 Å². The maximum Gasteiger partial charge on any atom is 0.241 e. The summed E-state index contributed by atoms with van der Waals surface area (Å²) < 4.78 is 35.0. The number of nitrogens with zero attached hydrogens (tertiary/aromatic N) is 2. The number of aromatic nitrogens is 3. The second-order valence-corrected chi connectivity index (χ2v) is 8.66. The summed E-state index contributed by atoms with van der Waals surface area (Å²) in [5.41, 5.74) is 0. The Hall–Kier alpha value is -2.24.